The lowest BCUT2D eigenvalue weighted by atomic mass is 9.70. The van der Waals surface area contributed by atoms with Crippen LogP contribution in [0.5, 0.6) is 0 Å². The van der Waals surface area contributed by atoms with Gasteiger partial charge in [0.1, 0.15) is 0 Å². The van der Waals surface area contributed by atoms with Gasteiger partial charge in [0.15, 0.2) is 0 Å². The number of likely N-dealkylation sites (N-methyl/N-ethyl adjacent to an activating group) is 1. The predicted molar refractivity (Wildman–Crippen MR) is 55.1 cm³/mol. The van der Waals surface area contributed by atoms with Crippen LogP contribution in [0.3, 0.4) is 0 Å². The van der Waals surface area contributed by atoms with Gasteiger partial charge >= 0.3 is 6.03 Å². The molecule has 2 N–H and O–H groups in total. The summed E-state index contributed by atoms with van der Waals surface area (Å²) in [6, 6.07) is -0.0906. The van der Waals surface area contributed by atoms with Gasteiger partial charge in [-0.25, -0.2) is 4.79 Å². The molecule has 0 bridgehead atoms. The minimum absolute atomic E-state index is 0.0151. The number of amides is 2. The molecule has 82 valence electrons. The standard InChI is InChI=1S/C10H20N2O2/c1-10(4-3-5-10)8-11-9(14)12(2)6-7-13/h13H,3-8H2,1-2H3,(H,11,14). The summed E-state index contributed by atoms with van der Waals surface area (Å²) in [5.41, 5.74) is 0.315. The van der Waals surface area contributed by atoms with E-state index in [4.69, 9.17) is 5.11 Å². The Morgan fingerprint density at radius 1 is 1.57 bits per heavy atom. The molecule has 1 fully saturated rings. The number of rotatable bonds is 4. The molecule has 4 heteroatoms. The summed E-state index contributed by atoms with van der Waals surface area (Å²) >= 11 is 0. The second kappa shape index (κ2) is 4.64. The molecule has 1 saturated carbocycles. The number of urea groups is 1. The Kier molecular flexibility index (Phi) is 3.75. The topological polar surface area (TPSA) is 52.6 Å². The van der Waals surface area contributed by atoms with Crippen molar-refractivity contribution in [1.82, 2.24) is 10.2 Å². The summed E-state index contributed by atoms with van der Waals surface area (Å²) < 4.78 is 0. The Balaban J connectivity index is 2.20. The maximum absolute atomic E-state index is 11.4. The first-order chi connectivity index (χ1) is 6.57. The zero-order chi connectivity index (χ0) is 10.6. The first-order valence-electron chi connectivity index (χ1n) is 5.17. The highest BCUT2D eigenvalue weighted by molar-refractivity contribution is 5.73. The van der Waals surface area contributed by atoms with Crippen molar-refractivity contribution < 1.29 is 9.90 Å². The first-order valence-corrected chi connectivity index (χ1v) is 5.17. The zero-order valence-electron chi connectivity index (χ0n) is 9.05. The lowest BCUT2D eigenvalue weighted by Gasteiger charge is -2.38. The van der Waals surface area contributed by atoms with Crippen LogP contribution in [0.2, 0.25) is 0 Å². The van der Waals surface area contributed by atoms with Crippen LogP contribution in [0.25, 0.3) is 0 Å². The average molecular weight is 200 g/mol. The van der Waals surface area contributed by atoms with Gasteiger partial charge < -0.3 is 15.3 Å². The van der Waals surface area contributed by atoms with Gasteiger partial charge in [-0.15, -0.1) is 0 Å². The molecule has 0 aliphatic heterocycles. The molecule has 0 radical (unpaired) electrons. The van der Waals surface area contributed by atoms with Crippen LogP contribution in [-0.4, -0.2) is 42.8 Å². The summed E-state index contributed by atoms with van der Waals surface area (Å²) in [6.07, 6.45) is 3.69. The van der Waals surface area contributed by atoms with Crippen LogP contribution in [0, 0.1) is 5.41 Å². The third-order valence-corrected chi connectivity index (χ3v) is 3.01. The Labute approximate surface area is 85.3 Å². The molecular formula is C10H20N2O2. The van der Waals surface area contributed by atoms with Gasteiger partial charge in [-0.1, -0.05) is 13.3 Å². The van der Waals surface area contributed by atoms with Crippen LogP contribution < -0.4 is 5.32 Å². The van der Waals surface area contributed by atoms with E-state index in [-0.39, 0.29) is 12.6 Å². The Morgan fingerprint density at radius 2 is 2.21 bits per heavy atom. The van der Waals surface area contributed by atoms with E-state index in [9.17, 15) is 4.79 Å². The number of aliphatic hydroxyl groups is 1. The van der Waals surface area contributed by atoms with Gasteiger partial charge in [0.05, 0.1) is 6.61 Å². The van der Waals surface area contributed by atoms with E-state index < -0.39 is 0 Å². The van der Waals surface area contributed by atoms with Crippen molar-refractivity contribution in [2.45, 2.75) is 26.2 Å². The molecule has 0 atom stereocenters. The van der Waals surface area contributed by atoms with Gasteiger partial charge in [0.2, 0.25) is 0 Å². The molecular weight excluding hydrogens is 180 g/mol. The molecule has 0 spiro atoms. The maximum Gasteiger partial charge on any atom is 0.317 e. The van der Waals surface area contributed by atoms with Crippen molar-refractivity contribution in [3.05, 3.63) is 0 Å². The quantitative estimate of drug-likeness (QED) is 0.705. The first kappa shape index (κ1) is 11.3. The van der Waals surface area contributed by atoms with E-state index >= 15 is 0 Å². The third kappa shape index (κ3) is 2.87. The fraction of sp³-hybridized carbons (Fsp3) is 0.900. The van der Waals surface area contributed by atoms with Crippen molar-refractivity contribution in [2.24, 2.45) is 5.41 Å². The molecule has 4 nitrogen and oxygen atoms in total. The molecule has 0 saturated heterocycles. The van der Waals surface area contributed by atoms with Crippen molar-refractivity contribution in [3.63, 3.8) is 0 Å². The van der Waals surface area contributed by atoms with E-state index in [1.807, 2.05) is 0 Å². The van der Waals surface area contributed by atoms with E-state index in [1.165, 1.54) is 24.2 Å². The Bertz CT molecular complexity index is 202. The van der Waals surface area contributed by atoms with Crippen molar-refractivity contribution in [2.75, 3.05) is 26.7 Å². The van der Waals surface area contributed by atoms with E-state index in [0.29, 0.717) is 12.0 Å². The number of carbonyl (C=O) groups excluding carboxylic acids is 1. The summed E-state index contributed by atoms with van der Waals surface area (Å²) in [7, 11) is 1.69. The summed E-state index contributed by atoms with van der Waals surface area (Å²) in [5.74, 6) is 0. The van der Waals surface area contributed by atoms with Crippen molar-refractivity contribution in [1.29, 1.82) is 0 Å². The van der Waals surface area contributed by atoms with Crippen LogP contribution in [0.4, 0.5) is 4.79 Å². The molecule has 0 heterocycles. The van der Waals surface area contributed by atoms with Gasteiger partial charge in [-0.3, -0.25) is 0 Å². The Morgan fingerprint density at radius 3 is 2.64 bits per heavy atom. The lowest BCUT2D eigenvalue weighted by molar-refractivity contribution is 0.146. The molecule has 1 aliphatic carbocycles. The van der Waals surface area contributed by atoms with E-state index in [2.05, 4.69) is 12.2 Å². The van der Waals surface area contributed by atoms with E-state index in [1.54, 1.807) is 7.05 Å². The number of nitrogens with one attached hydrogen (secondary N) is 1. The number of hydrogen-bond donors (Lipinski definition) is 2. The fourth-order valence-electron chi connectivity index (χ4n) is 1.63. The summed E-state index contributed by atoms with van der Waals surface area (Å²) in [5, 5.41) is 11.5. The molecule has 1 rings (SSSR count). The largest absolute Gasteiger partial charge is 0.395 e. The van der Waals surface area contributed by atoms with Gasteiger partial charge in [-0.2, -0.15) is 0 Å². The number of nitrogens with zero attached hydrogens (tertiary/aromatic N) is 1. The highest BCUT2D eigenvalue weighted by Crippen LogP contribution is 2.39. The smallest absolute Gasteiger partial charge is 0.317 e. The maximum atomic E-state index is 11.4. The lowest BCUT2D eigenvalue weighted by Crippen LogP contribution is -2.45. The number of hydrogen-bond acceptors (Lipinski definition) is 2. The van der Waals surface area contributed by atoms with Crippen molar-refractivity contribution >= 4 is 6.03 Å². The molecule has 0 aromatic rings. The normalized spacial score (nSPS) is 18.5. The predicted octanol–water partition coefficient (Wildman–Crippen LogP) is 0.810. The second-order valence-electron chi connectivity index (χ2n) is 4.47. The Hall–Kier alpha value is -0.770. The third-order valence-electron chi connectivity index (χ3n) is 3.01. The molecule has 0 aromatic heterocycles. The molecule has 0 aromatic carbocycles. The van der Waals surface area contributed by atoms with E-state index in [0.717, 1.165) is 6.54 Å². The number of carbonyl (C=O) groups is 1. The molecule has 14 heavy (non-hydrogen) atoms. The van der Waals surface area contributed by atoms with Crippen molar-refractivity contribution in [3.8, 4) is 0 Å². The average Bonchev–Trinajstić information content (AvgIpc) is 2.11. The van der Waals surface area contributed by atoms with Crippen LogP contribution in [0.15, 0.2) is 0 Å². The van der Waals surface area contributed by atoms with Crippen LogP contribution >= 0.6 is 0 Å². The van der Waals surface area contributed by atoms with Crippen LogP contribution in [0.1, 0.15) is 26.2 Å². The SMILES string of the molecule is CN(CCO)C(=O)NCC1(C)CCC1. The second-order valence-corrected chi connectivity index (χ2v) is 4.47. The van der Waals surface area contributed by atoms with Gasteiger partial charge in [0, 0.05) is 20.1 Å². The molecule has 0 unspecified atom stereocenters. The minimum atomic E-state index is -0.0906. The highest BCUT2D eigenvalue weighted by Gasteiger charge is 2.32. The van der Waals surface area contributed by atoms with Crippen LogP contribution in [-0.2, 0) is 0 Å². The zero-order valence-corrected chi connectivity index (χ0v) is 9.05. The van der Waals surface area contributed by atoms with Gasteiger partial charge in [0.25, 0.3) is 0 Å². The number of aliphatic hydroxyl groups excluding tert-OH is 1. The van der Waals surface area contributed by atoms with Gasteiger partial charge in [-0.05, 0) is 18.3 Å². The molecule has 1 aliphatic rings. The summed E-state index contributed by atoms with van der Waals surface area (Å²) in [4.78, 5) is 12.9. The minimum Gasteiger partial charge on any atom is -0.395 e. The summed E-state index contributed by atoms with van der Waals surface area (Å²) in [6.45, 7) is 3.36. The highest BCUT2D eigenvalue weighted by atomic mass is 16.3. The fourth-order valence-corrected chi connectivity index (χ4v) is 1.63. The molecule has 2 amide bonds. The monoisotopic (exact) mass is 200 g/mol.